The summed E-state index contributed by atoms with van der Waals surface area (Å²) in [5.74, 6) is 0. The van der Waals surface area contributed by atoms with Crippen LogP contribution in [0.25, 0.3) is 0 Å². The monoisotopic (exact) mass is 346 g/mol. The van der Waals surface area contributed by atoms with Crippen molar-refractivity contribution >= 4 is 21.8 Å². The van der Waals surface area contributed by atoms with E-state index < -0.39 is 10.0 Å². The van der Waals surface area contributed by atoms with Crippen molar-refractivity contribution in [3.8, 4) is 6.07 Å². The van der Waals surface area contributed by atoms with Gasteiger partial charge in [0.05, 0.1) is 5.56 Å². The lowest BCUT2D eigenvalue weighted by Gasteiger charge is -2.15. The van der Waals surface area contributed by atoms with Gasteiger partial charge < -0.3 is 0 Å². The molecule has 0 amide bonds. The van der Waals surface area contributed by atoms with Crippen LogP contribution in [0.15, 0.2) is 51.6 Å². The Hall–Kier alpha value is -1.95. The SMILES string of the molecule is N#Cc1ccc(Sc2ccc(S(=O)(=O)N3CCCC3)cn2)nc1. The standard InChI is InChI=1S/C15H14N4O2S2/c16-9-12-3-5-14(17-10-12)22-15-6-4-13(11-18-15)23(20,21)19-7-1-2-8-19/h3-6,10-11H,1-2,7-8H2. The molecule has 0 spiro atoms. The second-order valence-electron chi connectivity index (χ2n) is 5.04. The highest BCUT2D eigenvalue weighted by atomic mass is 32.2. The van der Waals surface area contributed by atoms with E-state index in [1.54, 1.807) is 24.3 Å². The lowest BCUT2D eigenvalue weighted by atomic mass is 10.3. The highest BCUT2D eigenvalue weighted by Crippen LogP contribution is 2.26. The maximum atomic E-state index is 12.4. The van der Waals surface area contributed by atoms with Gasteiger partial charge in [0.15, 0.2) is 0 Å². The highest BCUT2D eigenvalue weighted by Gasteiger charge is 2.27. The number of nitrogens with zero attached hydrogens (tertiary/aromatic N) is 4. The first-order valence-corrected chi connectivity index (χ1v) is 9.35. The third-order valence-electron chi connectivity index (χ3n) is 3.49. The molecule has 0 bridgehead atoms. The highest BCUT2D eigenvalue weighted by molar-refractivity contribution is 7.99. The van der Waals surface area contributed by atoms with Gasteiger partial charge in [0.1, 0.15) is 21.0 Å². The van der Waals surface area contributed by atoms with E-state index in [4.69, 9.17) is 5.26 Å². The molecule has 8 heteroatoms. The summed E-state index contributed by atoms with van der Waals surface area (Å²) in [5, 5.41) is 10.1. The van der Waals surface area contributed by atoms with Gasteiger partial charge >= 0.3 is 0 Å². The summed E-state index contributed by atoms with van der Waals surface area (Å²) in [6, 6.07) is 8.68. The fraction of sp³-hybridized carbons (Fsp3) is 0.267. The molecule has 0 unspecified atom stereocenters. The lowest BCUT2D eigenvalue weighted by molar-refractivity contribution is 0.477. The van der Waals surface area contributed by atoms with Gasteiger partial charge in [0.25, 0.3) is 0 Å². The third kappa shape index (κ3) is 3.52. The van der Waals surface area contributed by atoms with Gasteiger partial charge in [0, 0.05) is 25.5 Å². The lowest BCUT2D eigenvalue weighted by Crippen LogP contribution is -2.27. The zero-order chi connectivity index (χ0) is 16.3. The molecule has 23 heavy (non-hydrogen) atoms. The Bertz CT molecular complexity index is 821. The van der Waals surface area contributed by atoms with Crippen LogP contribution >= 0.6 is 11.8 Å². The Balaban J connectivity index is 1.75. The van der Waals surface area contributed by atoms with Gasteiger partial charge in [-0.25, -0.2) is 18.4 Å². The van der Waals surface area contributed by atoms with Gasteiger partial charge in [-0.3, -0.25) is 0 Å². The zero-order valence-electron chi connectivity index (χ0n) is 12.2. The van der Waals surface area contributed by atoms with E-state index >= 15 is 0 Å². The number of rotatable bonds is 4. The molecule has 0 radical (unpaired) electrons. The molecule has 0 saturated carbocycles. The molecule has 0 aromatic carbocycles. The van der Waals surface area contributed by atoms with Crippen LogP contribution in [0.2, 0.25) is 0 Å². The quantitative estimate of drug-likeness (QED) is 0.844. The third-order valence-corrected chi connectivity index (χ3v) is 6.27. The van der Waals surface area contributed by atoms with Crippen LogP contribution in [-0.4, -0.2) is 35.8 Å². The number of hydrogen-bond donors (Lipinski definition) is 0. The van der Waals surface area contributed by atoms with Crippen LogP contribution in [0.3, 0.4) is 0 Å². The smallest absolute Gasteiger partial charge is 0.244 e. The van der Waals surface area contributed by atoms with Gasteiger partial charge in [-0.05, 0) is 37.1 Å². The Morgan fingerprint density at radius 2 is 1.70 bits per heavy atom. The molecule has 0 N–H and O–H groups in total. The minimum absolute atomic E-state index is 0.219. The van der Waals surface area contributed by atoms with Crippen molar-refractivity contribution in [1.82, 2.24) is 14.3 Å². The minimum Gasteiger partial charge on any atom is -0.248 e. The molecule has 3 heterocycles. The Morgan fingerprint density at radius 1 is 1.04 bits per heavy atom. The van der Waals surface area contributed by atoms with E-state index in [0.717, 1.165) is 12.8 Å². The molecule has 1 saturated heterocycles. The number of sulfonamides is 1. The fourth-order valence-corrected chi connectivity index (χ4v) is 4.43. The molecule has 118 valence electrons. The van der Waals surface area contributed by atoms with Crippen molar-refractivity contribution in [1.29, 1.82) is 5.26 Å². The maximum absolute atomic E-state index is 12.4. The van der Waals surface area contributed by atoms with Crippen LogP contribution in [-0.2, 0) is 10.0 Å². The number of aromatic nitrogens is 2. The summed E-state index contributed by atoms with van der Waals surface area (Å²) in [6.07, 6.45) is 4.70. The topological polar surface area (TPSA) is 87.0 Å². The minimum atomic E-state index is -3.43. The van der Waals surface area contributed by atoms with Gasteiger partial charge in [-0.2, -0.15) is 9.57 Å². The number of pyridine rings is 2. The molecule has 2 aromatic rings. The molecule has 1 aliphatic heterocycles. The average molecular weight is 346 g/mol. The Morgan fingerprint density at radius 3 is 2.22 bits per heavy atom. The first-order valence-electron chi connectivity index (χ1n) is 7.10. The maximum Gasteiger partial charge on any atom is 0.244 e. The Labute approximate surface area is 139 Å². The Kier molecular flexibility index (Phi) is 4.61. The molecule has 2 aromatic heterocycles. The summed E-state index contributed by atoms with van der Waals surface area (Å²) < 4.78 is 26.3. The molecular formula is C15H14N4O2S2. The van der Waals surface area contributed by atoms with Gasteiger partial charge in [-0.1, -0.05) is 11.8 Å². The normalized spacial score (nSPS) is 15.4. The van der Waals surface area contributed by atoms with Crippen LogP contribution in [0.5, 0.6) is 0 Å². The molecule has 0 atom stereocenters. The van der Waals surface area contributed by atoms with E-state index in [-0.39, 0.29) is 4.90 Å². The van der Waals surface area contributed by atoms with Crippen molar-refractivity contribution in [3.05, 3.63) is 42.2 Å². The van der Waals surface area contributed by atoms with E-state index in [9.17, 15) is 8.42 Å². The van der Waals surface area contributed by atoms with Crippen molar-refractivity contribution in [2.75, 3.05) is 13.1 Å². The second kappa shape index (κ2) is 6.66. The van der Waals surface area contributed by atoms with Gasteiger partial charge in [0.2, 0.25) is 10.0 Å². The number of hydrogen-bond acceptors (Lipinski definition) is 6. The van der Waals surface area contributed by atoms with Crippen molar-refractivity contribution in [3.63, 3.8) is 0 Å². The van der Waals surface area contributed by atoms with Crippen LogP contribution in [0, 0.1) is 11.3 Å². The molecule has 0 aliphatic carbocycles. The predicted octanol–water partition coefficient (Wildman–Crippen LogP) is 2.28. The summed E-state index contributed by atoms with van der Waals surface area (Å²) >= 11 is 1.32. The summed E-state index contributed by atoms with van der Waals surface area (Å²) in [7, 11) is -3.43. The van der Waals surface area contributed by atoms with E-state index in [1.807, 2.05) is 6.07 Å². The second-order valence-corrected chi connectivity index (χ2v) is 8.02. The first-order chi connectivity index (χ1) is 11.1. The average Bonchev–Trinajstić information content (AvgIpc) is 3.11. The molecule has 6 nitrogen and oxygen atoms in total. The first kappa shape index (κ1) is 15.9. The van der Waals surface area contributed by atoms with Crippen LogP contribution in [0.1, 0.15) is 18.4 Å². The van der Waals surface area contributed by atoms with Crippen LogP contribution < -0.4 is 0 Å². The molecular weight excluding hydrogens is 332 g/mol. The summed E-state index contributed by atoms with van der Waals surface area (Å²) in [6.45, 7) is 1.15. The van der Waals surface area contributed by atoms with Crippen molar-refractivity contribution < 1.29 is 8.42 Å². The van der Waals surface area contributed by atoms with E-state index in [1.165, 1.54) is 28.5 Å². The van der Waals surface area contributed by atoms with Gasteiger partial charge in [-0.15, -0.1) is 0 Å². The zero-order valence-corrected chi connectivity index (χ0v) is 13.8. The summed E-state index contributed by atoms with van der Waals surface area (Å²) in [5.41, 5.74) is 0.495. The largest absolute Gasteiger partial charge is 0.248 e. The van der Waals surface area contributed by atoms with E-state index in [2.05, 4.69) is 9.97 Å². The fourth-order valence-electron chi connectivity index (χ4n) is 2.27. The van der Waals surface area contributed by atoms with Crippen molar-refractivity contribution in [2.24, 2.45) is 0 Å². The van der Waals surface area contributed by atoms with Crippen LogP contribution in [0.4, 0.5) is 0 Å². The molecule has 3 rings (SSSR count). The predicted molar refractivity (Wildman–Crippen MR) is 85.3 cm³/mol. The van der Waals surface area contributed by atoms with Crippen molar-refractivity contribution in [2.45, 2.75) is 27.8 Å². The summed E-state index contributed by atoms with van der Waals surface area (Å²) in [4.78, 5) is 8.58. The molecule has 1 aliphatic rings. The number of nitriles is 1. The van der Waals surface area contributed by atoms with E-state index in [0.29, 0.717) is 28.7 Å². The molecule has 1 fully saturated rings.